The molecule has 0 radical (unpaired) electrons. The monoisotopic (exact) mass is 1830 g/mol. The van der Waals surface area contributed by atoms with E-state index in [0.717, 1.165) is 0 Å². The van der Waals surface area contributed by atoms with Crippen molar-refractivity contribution in [2.45, 2.75) is 202 Å². The van der Waals surface area contributed by atoms with Gasteiger partial charge in [0.25, 0.3) is 0 Å². The molecule has 126 heavy (non-hydrogen) atoms. The molecule has 690 valence electrons. The van der Waals surface area contributed by atoms with Crippen LogP contribution in [0.4, 0.5) is 0 Å². The van der Waals surface area contributed by atoms with Crippen molar-refractivity contribution in [3.8, 4) is 0 Å². The largest absolute Gasteiger partial charge is 0.481 e. The van der Waals surface area contributed by atoms with Crippen molar-refractivity contribution in [3.63, 3.8) is 0 Å². The van der Waals surface area contributed by atoms with E-state index in [1.807, 2.05) is 0 Å². The van der Waals surface area contributed by atoms with E-state index < -0.39 is 204 Å². The van der Waals surface area contributed by atoms with Gasteiger partial charge in [-0.2, -0.15) is 25.3 Å². The quantitative estimate of drug-likeness (QED) is 0.00652. The number of thiol groups is 2. The number of aromatic nitrogens is 2. The van der Waals surface area contributed by atoms with Gasteiger partial charge in [0.2, 0.25) is 94.5 Å². The zero-order valence-corrected chi connectivity index (χ0v) is 73.5. The number of hydrogen-bond donors (Lipinski definition) is 26. The summed E-state index contributed by atoms with van der Waals surface area (Å²) in [6.45, 7) is 4.27. The van der Waals surface area contributed by atoms with Crippen molar-refractivity contribution in [2.75, 3.05) is 62.3 Å². The molecule has 0 unspecified atom stereocenters. The Bertz CT molecular complexity index is 4340. The van der Waals surface area contributed by atoms with Crippen molar-refractivity contribution >= 4 is 187 Å². The Balaban J connectivity index is 1.04. The number of carbonyl (C=O) groups is 18. The Morgan fingerprint density at radius 2 is 0.825 bits per heavy atom. The number of aromatic amines is 2. The molecule has 16 amide bonds. The molecule has 0 saturated carbocycles. The summed E-state index contributed by atoms with van der Waals surface area (Å²) in [6.07, 6.45) is 2.58. The molecule has 6 rings (SSSR count). The summed E-state index contributed by atoms with van der Waals surface area (Å²) in [5, 5.41) is 71.6. The first-order chi connectivity index (χ1) is 59.6. The number of unbranched alkanes of at least 4 members (excludes halogenated alkanes) is 2. The molecule has 28 N–H and O–H groups in total. The van der Waals surface area contributed by atoms with Crippen molar-refractivity contribution in [3.05, 3.63) is 72.1 Å². The number of carboxylic acids is 2. The number of primary amides is 2. The van der Waals surface area contributed by atoms with Crippen LogP contribution < -0.4 is 97.4 Å². The number of para-hydroxylation sites is 2. The summed E-state index contributed by atoms with van der Waals surface area (Å²) in [4.78, 5) is 252. The van der Waals surface area contributed by atoms with E-state index in [2.05, 4.69) is 110 Å². The second-order valence-electron chi connectivity index (χ2n) is 31.0. The van der Waals surface area contributed by atoms with E-state index in [-0.39, 0.29) is 125 Å². The number of likely N-dealkylation sites (tertiary alicyclic amines) is 2. The number of rotatable bonds is 53. The molecule has 2 fully saturated rings. The van der Waals surface area contributed by atoms with E-state index in [9.17, 15) is 96.5 Å². The van der Waals surface area contributed by atoms with Gasteiger partial charge in [-0.25, -0.2) is 0 Å². The number of benzene rings is 2. The fourth-order valence-corrected chi connectivity index (χ4v) is 16.2. The smallest absolute Gasteiger partial charge is 0.305 e. The highest BCUT2D eigenvalue weighted by molar-refractivity contribution is 8.76. The number of amides is 16. The fourth-order valence-electron chi connectivity index (χ4n) is 13.7. The zero-order valence-electron chi connectivity index (χ0n) is 70.1. The third-order valence-corrected chi connectivity index (χ3v) is 23.5. The third kappa shape index (κ3) is 32.8. The third-order valence-electron chi connectivity index (χ3n) is 20.4. The van der Waals surface area contributed by atoms with E-state index in [0.29, 0.717) is 58.6 Å². The second kappa shape index (κ2) is 50.2. The summed E-state index contributed by atoms with van der Waals surface area (Å²) in [7, 11) is 2.36. The molecule has 44 nitrogen and oxygen atoms in total. The van der Waals surface area contributed by atoms with Crippen molar-refractivity contribution in [1.29, 1.82) is 10.8 Å². The van der Waals surface area contributed by atoms with Crippen LogP contribution in [-0.2, 0) is 99.1 Å². The minimum Gasteiger partial charge on any atom is -0.481 e. The van der Waals surface area contributed by atoms with Gasteiger partial charge in [0.1, 0.15) is 71.5 Å². The average Bonchev–Trinajstić information content (AvgIpc) is 1.65. The SMILES string of the molecule is CC(C)(NC(=O)[C@@H]1CCCN1C(=O)[C@H](Cc1c[nH]c2ccccc12)NC(=O)[C@H](CC(=O)O)NC(=O)CNC(=O)[C@H](CCCCNC(=N)N)NC(=O)CCSSCCC(=O)N[C@@H](CCCCNC(=N)N)C(=O)NCC(=O)N[C@@H](CC(=O)O)C(=O)N[C@@H](Cc1c[nH]c2ccccc12)C(=O)N1CCC[C@H]1C(=O)NC(C)(C)C(=O)N[C@@H](CS)C(N)=O)C(=O)N[C@@H](CS)C(N)=O. The van der Waals surface area contributed by atoms with Gasteiger partial charge in [-0.1, -0.05) is 58.0 Å². The number of carbonyl (C=O) groups excluding carboxylic acids is 16. The number of hydrogen-bond acceptors (Lipinski definition) is 24. The lowest BCUT2D eigenvalue weighted by atomic mass is 10.0. The number of nitrogens with one attached hydrogen (secondary N) is 18. The van der Waals surface area contributed by atoms with Gasteiger partial charge in [0.15, 0.2) is 11.9 Å². The van der Waals surface area contributed by atoms with Crippen molar-refractivity contribution in [1.82, 2.24) is 94.2 Å². The van der Waals surface area contributed by atoms with Crippen LogP contribution in [-0.4, -0.2) is 282 Å². The molecular formula is C78H114N24O20S4. The molecule has 10 atom stereocenters. The number of H-pyrrole nitrogens is 2. The van der Waals surface area contributed by atoms with Crippen LogP contribution in [0.15, 0.2) is 60.9 Å². The van der Waals surface area contributed by atoms with Gasteiger partial charge in [-0.15, -0.1) is 0 Å². The van der Waals surface area contributed by atoms with E-state index >= 15 is 0 Å². The first kappa shape index (κ1) is 103. The average molecular weight is 1840 g/mol. The van der Waals surface area contributed by atoms with Crippen molar-refractivity contribution < 1.29 is 96.5 Å². The molecule has 0 spiro atoms. The maximum Gasteiger partial charge on any atom is 0.305 e. The Labute approximate surface area is 743 Å². The number of carboxylic acid groups (broad SMARTS) is 2. The number of aliphatic carboxylic acids is 2. The first-order valence-electron chi connectivity index (χ1n) is 40.6. The van der Waals surface area contributed by atoms with E-state index in [4.69, 9.17) is 33.8 Å². The van der Waals surface area contributed by atoms with E-state index in [1.165, 1.54) is 59.1 Å². The Kier molecular flexibility index (Phi) is 40.9. The minimum atomic E-state index is -1.86. The first-order valence-corrected chi connectivity index (χ1v) is 44.3. The number of nitrogens with zero attached hydrogens (tertiary/aromatic N) is 2. The molecule has 2 aromatic carbocycles. The van der Waals surface area contributed by atoms with Crippen LogP contribution in [0.2, 0.25) is 0 Å². The summed E-state index contributed by atoms with van der Waals surface area (Å²) >= 11 is 8.11. The summed E-state index contributed by atoms with van der Waals surface area (Å²) in [5.41, 5.74) is 20.8. The van der Waals surface area contributed by atoms with Gasteiger partial charge < -0.3 is 127 Å². The molecule has 0 aliphatic carbocycles. The highest BCUT2D eigenvalue weighted by Gasteiger charge is 2.45. The van der Waals surface area contributed by atoms with Gasteiger partial charge in [-0.3, -0.25) is 97.1 Å². The number of guanidine groups is 2. The second-order valence-corrected chi connectivity index (χ2v) is 34.4. The Morgan fingerprint density at radius 3 is 1.17 bits per heavy atom. The lowest BCUT2D eigenvalue weighted by molar-refractivity contribution is -0.144. The molecule has 2 aliphatic rings. The standard InChI is InChI=1S/C78H114N24O20S4/c1-77(2,73(121)97-53(39-123)63(79)111)99-69(117)55-21-13-27-101(55)71(119)51(31-41-35-87-45-17-7-5-15-43(41)45)95-67(115)49(33-61(107)108)93-59(105)37-89-65(113)47(19-9-11-25-85-75(81)82)91-57(103)23-29-125-126-30-24-58(104)92-48(20-10-12-26-86-76(83)84)66(114)90-38-60(106)94-50(34-62(109)110)68(116)96-52(32-42-36-88-46-18-8-6-16-44(42)46)72(120)102-28-14-22-56(102)70(118)100-78(3,4)74(122)98-54(40-124)64(80)112/h5-8,15-18,35-36,47-56,87-88,123-124H,9-14,19-34,37-40H2,1-4H3,(H2,79,111)(H2,80,112)(H,89,113)(H,90,114)(H,91,103)(H,92,104)(H,93,105)(H,94,106)(H,95,115)(H,96,116)(H,97,121)(H,98,122)(H,99,117)(H,100,118)(H,107,108)(H,109,110)(H4,81,82,85)(H4,83,84,86)/t47-,48-,49-,50-,51-,52-,53-,54-,55-,56-/m0/s1. The molecule has 48 heteroatoms. The van der Waals surface area contributed by atoms with Crippen LogP contribution in [0.5, 0.6) is 0 Å². The number of nitrogens with two attached hydrogens (primary N) is 4. The fraction of sp³-hybridized carbons (Fsp3) is 0.538. The topological polar surface area (TPSA) is 706 Å². The summed E-state index contributed by atoms with van der Waals surface area (Å²) < 4.78 is 0. The zero-order chi connectivity index (χ0) is 93.1. The van der Waals surface area contributed by atoms with Gasteiger partial charge in [-0.05, 0) is 115 Å². The van der Waals surface area contributed by atoms with Crippen LogP contribution in [0.1, 0.15) is 129 Å². The molecular weight excluding hydrogens is 1720 g/mol. The normalized spacial score (nSPS) is 15.6. The lowest BCUT2D eigenvalue weighted by Gasteiger charge is -2.32. The van der Waals surface area contributed by atoms with Gasteiger partial charge >= 0.3 is 11.9 Å². The lowest BCUT2D eigenvalue weighted by Crippen LogP contribution is -2.62. The van der Waals surface area contributed by atoms with Crippen LogP contribution in [0.3, 0.4) is 0 Å². The maximum absolute atomic E-state index is 14.8. The maximum atomic E-state index is 14.8. The Morgan fingerprint density at radius 1 is 0.468 bits per heavy atom. The molecule has 2 aliphatic heterocycles. The van der Waals surface area contributed by atoms with Crippen molar-refractivity contribution in [2.24, 2.45) is 22.9 Å². The Hall–Kier alpha value is -12.1. The van der Waals surface area contributed by atoms with Gasteiger partial charge in [0, 0.05) is 109 Å². The summed E-state index contributed by atoms with van der Waals surface area (Å²) in [5.74, 6) is -17.4. The van der Waals surface area contributed by atoms with Crippen LogP contribution >= 0.6 is 46.8 Å². The van der Waals surface area contributed by atoms with Gasteiger partial charge in [0.05, 0.1) is 25.9 Å². The predicted octanol–water partition coefficient (Wildman–Crippen LogP) is -4.44. The van der Waals surface area contributed by atoms with Crippen LogP contribution in [0.25, 0.3) is 21.8 Å². The van der Waals surface area contributed by atoms with Crippen LogP contribution in [0, 0.1) is 10.8 Å². The summed E-state index contributed by atoms with van der Waals surface area (Å²) in [6, 6.07) is 0.128. The molecule has 4 heterocycles. The highest BCUT2D eigenvalue weighted by Crippen LogP contribution is 2.28. The number of fused-ring (bicyclic) bond motifs is 2. The highest BCUT2D eigenvalue weighted by atomic mass is 33.1. The predicted molar refractivity (Wildman–Crippen MR) is 472 cm³/mol. The molecule has 0 bridgehead atoms. The molecule has 2 aromatic heterocycles. The minimum absolute atomic E-state index is 0.00106. The molecule has 4 aromatic rings. The van der Waals surface area contributed by atoms with E-state index in [1.54, 1.807) is 60.9 Å². The molecule has 2 saturated heterocycles.